The zero-order valence-corrected chi connectivity index (χ0v) is 14.7. The first kappa shape index (κ1) is 17.1. The van der Waals surface area contributed by atoms with Gasteiger partial charge in [0, 0.05) is 51.9 Å². The van der Waals surface area contributed by atoms with Crippen molar-refractivity contribution in [1.82, 2.24) is 20.0 Å². The van der Waals surface area contributed by atoms with Gasteiger partial charge in [0.25, 0.3) is 0 Å². The smallest absolute Gasteiger partial charge is 0.239 e. The summed E-state index contributed by atoms with van der Waals surface area (Å²) in [5, 5.41) is 3.32. The molecule has 3 rings (SSSR count). The van der Waals surface area contributed by atoms with Gasteiger partial charge >= 0.3 is 0 Å². The Bertz CT molecular complexity index is 390. The Labute approximate surface area is 140 Å². The Morgan fingerprint density at radius 3 is 2.65 bits per heavy atom. The standard InChI is InChI=1S/C17H32N4O2/c1-14(2)21-10-11-23-15(13-21)12-19-6-8-20(9-7-19)17(22)16-4-3-5-18-16/h14-16,18H,3-13H2,1-2H3. The zero-order chi connectivity index (χ0) is 16.2. The lowest BCUT2D eigenvalue weighted by molar-refractivity contribution is -0.135. The molecule has 3 saturated heterocycles. The van der Waals surface area contributed by atoms with Crippen molar-refractivity contribution in [3.8, 4) is 0 Å². The lowest BCUT2D eigenvalue weighted by Gasteiger charge is -2.40. The topological polar surface area (TPSA) is 48.1 Å². The van der Waals surface area contributed by atoms with Gasteiger partial charge in [-0.1, -0.05) is 0 Å². The molecule has 0 bridgehead atoms. The Balaban J connectivity index is 1.41. The first-order valence-corrected chi connectivity index (χ1v) is 9.23. The van der Waals surface area contributed by atoms with Crippen LogP contribution in [0.3, 0.4) is 0 Å². The second-order valence-electron chi connectivity index (χ2n) is 7.36. The number of carbonyl (C=O) groups excluding carboxylic acids is 1. The van der Waals surface area contributed by atoms with E-state index in [2.05, 4.69) is 29.0 Å². The van der Waals surface area contributed by atoms with Gasteiger partial charge in [-0.05, 0) is 33.2 Å². The van der Waals surface area contributed by atoms with Gasteiger partial charge in [0.05, 0.1) is 18.8 Å². The van der Waals surface area contributed by atoms with Crippen molar-refractivity contribution >= 4 is 5.91 Å². The van der Waals surface area contributed by atoms with E-state index in [1.807, 2.05) is 4.90 Å². The van der Waals surface area contributed by atoms with Crippen LogP contribution in [-0.2, 0) is 9.53 Å². The van der Waals surface area contributed by atoms with Gasteiger partial charge in [0.2, 0.25) is 5.91 Å². The van der Waals surface area contributed by atoms with Crippen LogP contribution in [0.2, 0.25) is 0 Å². The highest BCUT2D eigenvalue weighted by Gasteiger charge is 2.30. The normalized spacial score (nSPS) is 31.0. The van der Waals surface area contributed by atoms with Crippen LogP contribution in [0.15, 0.2) is 0 Å². The quantitative estimate of drug-likeness (QED) is 0.788. The summed E-state index contributed by atoms with van der Waals surface area (Å²) >= 11 is 0. The highest BCUT2D eigenvalue weighted by atomic mass is 16.5. The first-order valence-electron chi connectivity index (χ1n) is 9.23. The van der Waals surface area contributed by atoms with E-state index in [-0.39, 0.29) is 6.04 Å². The predicted molar refractivity (Wildman–Crippen MR) is 90.5 cm³/mol. The monoisotopic (exact) mass is 324 g/mol. The molecular formula is C17H32N4O2. The molecule has 0 aromatic rings. The van der Waals surface area contributed by atoms with Crippen molar-refractivity contribution in [2.45, 2.75) is 44.9 Å². The van der Waals surface area contributed by atoms with Crippen LogP contribution in [-0.4, -0.2) is 97.8 Å². The summed E-state index contributed by atoms with van der Waals surface area (Å²) in [6.07, 6.45) is 2.44. The third-order valence-electron chi connectivity index (χ3n) is 5.40. The molecule has 3 aliphatic heterocycles. The van der Waals surface area contributed by atoms with E-state index in [0.717, 1.165) is 71.8 Å². The van der Waals surface area contributed by atoms with E-state index in [0.29, 0.717) is 18.1 Å². The number of carbonyl (C=O) groups is 1. The lowest BCUT2D eigenvalue weighted by atomic mass is 10.1. The van der Waals surface area contributed by atoms with Crippen LogP contribution in [0.4, 0.5) is 0 Å². The maximum atomic E-state index is 12.4. The summed E-state index contributed by atoms with van der Waals surface area (Å²) in [6.45, 7) is 13.1. The van der Waals surface area contributed by atoms with Crippen LogP contribution in [0.1, 0.15) is 26.7 Å². The van der Waals surface area contributed by atoms with Crippen molar-refractivity contribution in [2.24, 2.45) is 0 Å². The second-order valence-corrected chi connectivity index (χ2v) is 7.36. The number of amides is 1. The second kappa shape index (κ2) is 7.92. The maximum absolute atomic E-state index is 12.4. The van der Waals surface area contributed by atoms with Gasteiger partial charge in [0.15, 0.2) is 0 Å². The van der Waals surface area contributed by atoms with Crippen molar-refractivity contribution in [3.63, 3.8) is 0 Å². The molecular weight excluding hydrogens is 292 g/mol. The highest BCUT2D eigenvalue weighted by molar-refractivity contribution is 5.82. The molecule has 132 valence electrons. The van der Waals surface area contributed by atoms with Crippen molar-refractivity contribution in [1.29, 1.82) is 0 Å². The summed E-state index contributed by atoms with van der Waals surface area (Å²) in [4.78, 5) is 19.4. The van der Waals surface area contributed by atoms with E-state index in [9.17, 15) is 4.79 Å². The number of piperazine rings is 1. The molecule has 3 aliphatic rings. The SMILES string of the molecule is CC(C)N1CCOC(CN2CCN(C(=O)C3CCCN3)CC2)C1. The van der Waals surface area contributed by atoms with Crippen molar-refractivity contribution in [2.75, 3.05) is 59.0 Å². The highest BCUT2D eigenvalue weighted by Crippen LogP contribution is 2.14. The molecule has 2 atom stereocenters. The summed E-state index contributed by atoms with van der Waals surface area (Å²) in [6, 6.07) is 0.664. The van der Waals surface area contributed by atoms with E-state index >= 15 is 0 Å². The fourth-order valence-electron chi connectivity index (χ4n) is 3.88. The Kier molecular flexibility index (Phi) is 5.91. The van der Waals surface area contributed by atoms with Gasteiger partial charge in [0.1, 0.15) is 0 Å². The van der Waals surface area contributed by atoms with E-state index in [4.69, 9.17) is 4.74 Å². The molecule has 0 aromatic carbocycles. The van der Waals surface area contributed by atoms with E-state index in [1.54, 1.807) is 0 Å². The number of hydrogen-bond acceptors (Lipinski definition) is 5. The molecule has 2 unspecified atom stereocenters. The number of nitrogens with zero attached hydrogens (tertiary/aromatic N) is 3. The Morgan fingerprint density at radius 1 is 1.22 bits per heavy atom. The predicted octanol–water partition coefficient (Wildman–Crippen LogP) is -0.00820. The van der Waals surface area contributed by atoms with Gasteiger partial charge < -0.3 is 15.0 Å². The van der Waals surface area contributed by atoms with Gasteiger partial charge in [-0.3, -0.25) is 14.6 Å². The van der Waals surface area contributed by atoms with Crippen LogP contribution in [0, 0.1) is 0 Å². The van der Waals surface area contributed by atoms with Crippen LogP contribution in [0.25, 0.3) is 0 Å². The minimum atomic E-state index is 0.0721. The number of hydrogen-bond donors (Lipinski definition) is 1. The minimum absolute atomic E-state index is 0.0721. The molecule has 6 nitrogen and oxygen atoms in total. The van der Waals surface area contributed by atoms with Gasteiger partial charge in [-0.15, -0.1) is 0 Å². The lowest BCUT2D eigenvalue weighted by Crippen LogP contribution is -2.56. The maximum Gasteiger partial charge on any atom is 0.239 e. The van der Waals surface area contributed by atoms with Crippen LogP contribution in [0.5, 0.6) is 0 Å². The third kappa shape index (κ3) is 4.44. The zero-order valence-electron chi connectivity index (χ0n) is 14.7. The molecule has 3 fully saturated rings. The molecule has 3 heterocycles. The van der Waals surface area contributed by atoms with Crippen LogP contribution >= 0.6 is 0 Å². The number of ether oxygens (including phenoxy) is 1. The van der Waals surface area contributed by atoms with E-state index < -0.39 is 0 Å². The average molecular weight is 324 g/mol. The molecule has 0 radical (unpaired) electrons. The summed E-state index contributed by atoms with van der Waals surface area (Å²) in [5.74, 6) is 0.307. The fourth-order valence-corrected chi connectivity index (χ4v) is 3.88. The molecule has 6 heteroatoms. The van der Waals surface area contributed by atoms with Gasteiger partial charge in [-0.2, -0.15) is 0 Å². The summed E-state index contributed by atoms with van der Waals surface area (Å²) < 4.78 is 5.94. The Morgan fingerprint density at radius 2 is 2.00 bits per heavy atom. The van der Waals surface area contributed by atoms with Crippen LogP contribution < -0.4 is 5.32 Å². The first-order chi connectivity index (χ1) is 11.1. The number of rotatable bonds is 4. The van der Waals surface area contributed by atoms with Crippen molar-refractivity contribution in [3.05, 3.63) is 0 Å². The van der Waals surface area contributed by atoms with E-state index in [1.165, 1.54) is 0 Å². The third-order valence-corrected chi connectivity index (χ3v) is 5.40. The van der Waals surface area contributed by atoms with Gasteiger partial charge in [-0.25, -0.2) is 0 Å². The number of nitrogens with one attached hydrogen (secondary N) is 1. The Hall–Kier alpha value is -0.690. The molecule has 0 aliphatic carbocycles. The molecule has 0 spiro atoms. The molecule has 23 heavy (non-hydrogen) atoms. The molecule has 0 saturated carbocycles. The molecule has 1 amide bonds. The van der Waals surface area contributed by atoms with Crippen molar-refractivity contribution < 1.29 is 9.53 Å². The minimum Gasteiger partial charge on any atom is -0.374 e. The fraction of sp³-hybridized carbons (Fsp3) is 0.941. The largest absolute Gasteiger partial charge is 0.374 e. The summed E-state index contributed by atoms with van der Waals surface area (Å²) in [5.41, 5.74) is 0. The molecule has 1 N–H and O–H groups in total. The number of morpholine rings is 1. The summed E-state index contributed by atoms with van der Waals surface area (Å²) in [7, 11) is 0. The molecule has 0 aromatic heterocycles. The average Bonchev–Trinajstić information content (AvgIpc) is 3.09.